The Morgan fingerprint density at radius 1 is 1.50 bits per heavy atom. The Bertz CT molecular complexity index is 465. The molecule has 0 heterocycles. The number of hydrogen-bond donors (Lipinski definition) is 1. The van der Waals surface area contributed by atoms with Crippen molar-refractivity contribution in [3.8, 4) is 0 Å². The van der Waals surface area contributed by atoms with E-state index >= 15 is 0 Å². The van der Waals surface area contributed by atoms with Crippen molar-refractivity contribution in [2.24, 2.45) is 0 Å². The van der Waals surface area contributed by atoms with E-state index in [9.17, 15) is 4.79 Å². The fourth-order valence-corrected chi connectivity index (χ4v) is 2.47. The summed E-state index contributed by atoms with van der Waals surface area (Å²) in [6.45, 7) is 10.2. The summed E-state index contributed by atoms with van der Waals surface area (Å²) in [5.74, 6) is -0.0279. The van der Waals surface area contributed by atoms with E-state index in [0.29, 0.717) is 17.0 Å². The summed E-state index contributed by atoms with van der Waals surface area (Å²) < 4.78 is 0.912. The minimum Gasteiger partial charge on any atom is -0.330 e. The second-order valence-electron chi connectivity index (χ2n) is 5.04. The van der Waals surface area contributed by atoms with Gasteiger partial charge in [0.15, 0.2) is 0 Å². The van der Waals surface area contributed by atoms with Crippen LogP contribution >= 0.6 is 28.6 Å². The van der Waals surface area contributed by atoms with Gasteiger partial charge in [-0.05, 0) is 39.0 Å². The number of nitrogens with zero attached hydrogens (tertiary/aromatic N) is 1. The maximum Gasteiger partial charge on any atom is 0.255 e. The lowest BCUT2D eigenvalue weighted by atomic mass is 10.0. The van der Waals surface area contributed by atoms with Crippen LogP contribution in [0, 0.1) is 0 Å². The topological polar surface area (TPSA) is 20.3 Å². The summed E-state index contributed by atoms with van der Waals surface area (Å²) in [6.07, 6.45) is 1.74. The molecule has 18 heavy (non-hydrogen) atoms. The zero-order valence-corrected chi connectivity index (χ0v) is 13.4. The van der Waals surface area contributed by atoms with E-state index in [1.165, 1.54) is 0 Å². The molecule has 0 aliphatic carbocycles. The lowest BCUT2D eigenvalue weighted by molar-refractivity contribution is 0.0613. The van der Waals surface area contributed by atoms with Gasteiger partial charge in [0.25, 0.3) is 5.91 Å². The van der Waals surface area contributed by atoms with Gasteiger partial charge in [-0.2, -0.15) is 0 Å². The van der Waals surface area contributed by atoms with Crippen LogP contribution < -0.4 is 0 Å². The van der Waals surface area contributed by atoms with E-state index < -0.39 is 0 Å². The van der Waals surface area contributed by atoms with Crippen LogP contribution in [0.1, 0.15) is 31.1 Å². The third kappa shape index (κ3) is 3.62. The van der Waals surface area contributed by atoms with Crippen LogP contribution in [0.3, 0.4) is 0 Å². The first kappa shape index (κ1) is 15.3. The molecule has 1 aromatic rings. The Morgan fingerprint density at radius 3 is 2.56 bits per heavy atom. The van der Waals surface area contributed by atoms with Crippen molar-refractivity contribution < 1.29 is 4.79 Å². The molecule has 0 bridgehead atoms. The number of benzene rings is 1. The van der Waals surface area contributed by atoms with E-state index in [1.54, 1.807) is 17.0 Å². The molecule has 0 saturated carbocycles. The fraction of sp³-hybridized carbons (Fsp3) is 0.357. The Morgan fingerprint density at radius 2 is 2.11 bits per heavy atom. The fourth-order valence-electron chi connectivity index (χ4n) is 1.62. The van der Waals surface area contributed by atoms with Crippen molar-refractivity contribution in [2.45, 2.75) is 31.2 Å². The summed E-state index contributed by atoms with van der Waals surface area (Å²) in [5.41, 5.74) is 0.358. The van der Waals surface area contributed by atoms with Gasteiger partial charge in [0.1, 0.15) is 0 Å². The Balaban J connectivity index is 3.14. The molecule has 98 valence electrons. The highest BCUT2D eigenvalue weighted by atomic mass is 79.9. The average molecular weight is 328 g/mol. The number of halogens is 1. The monoisotopic (exact) mass is 327 g/mol. The highest BCUT2D eigenvalue weighted by Gasteiger charge is 2.27. The Labute approximate surface area is 123 Å². The van der Waals surface area contributed by atoms with Crippen molar-refractivity contribution in [2.75, 3.05) is 6.54 Å². The first-order valence-electron chi connectivity index (χ1n) is 5.68. The van der Waals surface area contributed by atoms with Gasteiger partial charge in [0.2, 0.25) is 0 Å². The molecule has 1 amide bonds. The van der Waals surface area contributed by atoms with E-state index in [4.69, 9.17) is 0 Å². The molecule has 0 aromatic heterocycles. The highest BCUT2D eigenvalue weighted by Crippen LogP contribution is 2.24. The minimum atomic E-state index is -0.251. The molecule has 1 rings (SSSR count). The first-order chi connectivity index (χ1) is 8.27. The summed E-state index contributed by atoms with van der Waals surface area (Å²) in [7, 11) is 0. The van der Waals surface area contributed by atoms with Gasteiger partial charge in [0, 0.05) is 21.5 Å². The zero-order valence-electron chi connectivity index (χ0n) is 10.9. The van der Waals surface area contributed by atoms with E-state index in [-0.39, 0.29) is 11.4 Å². The number of hydrogen-bond acceptors (Lipinski definition) is 2. The van der Waals surface area contributed by atoms with Crippen molar-refractivity contribution in [3.63, 3.8) is 0 Å². The Hall–Kier alpha value is -0.740. The molecular weight excluding hydrogens is 310 g/mol. The van der Waals surface area contributed by atoms with Gasteiger partial charge in [0.05, 0.1) is 5.56 Å². The van der Waals surface area contributed by atoms with Crippen molar-refractivity contribution in [3.05, 3.63) is 40.9 Å². The predicted molar refractivity (Wildman–Crippen MR) is 82.4 cm³/mol. The largest absolute Gasteiger partial charge is 0.330 e. The van der Waals surface area contributed by atoms with E-state index in [2.05, 4.69) is 35.1 Å². The molecule has 0 fully saturated rings. The number of rotatable bonds is 3. The summed E-state index contributed by atoms with van der Waals surface area (Å²) in [5, 5.41) is 0. The lowest BCUT2D eigenvalue weighted by Crippen LogP contribution is -2.45. The third-order valence-electron chi connectivity index (χ3n) is 2.56. The van der Waals surface area contributed by atoms with Crippen LogP contribution in [-0.4, -0.2) is 22.9 Å². The standard InChI is InChI=1S/C14H18BrNOS/c1-5-8-16(14(2,3)4)13(17)11-7-6-10(15)9-12(11)18/h5-7,9,18H,1,8H2,2-4H3. The van der Waals surface area contributed by atoms with E-state index in [1.807, 2.05) is 32.9 Å². The minimum absolute atomic E-state index is 0.0279. The Kier molecular flexibility index (Phi) is 5.05. The SMILES string of the molecule is C=CCN(C(=O)c1ccc(Br)cc1S)C(C)(C)C. The lowest BCUT2D eigenvalue weighted by Gasteiger charge is -2.35. The molecule has 0 aliphatic rings. The summed E-state index contributed by atoms with van der Waals surface area (Å²) in [4.78, 5) is 15.0. The predicted octanol–water partition coefficient (Wildman–Crippen LogP) is 4.16. The van der Waals surface area contributed by atoms with Gasteiger partial charge in [-0.15, -0.1) is 19.2 Å². The molecule has 0 spiro atoms. The smallest absolute Gasteiger partial charge is 0.255 e. The van der Waals surface area contributed by atoms with Crippen LogP contribution in [0.15, 0.2) is 40.2 Å². The third-order valence-corrected chi connectivity index (χ3v) is 3.42. The molecular formula is C14H18BrNOS. The first-order valence-corrected chi connectivity index (χ1v) is 6.92. The molecule has 0 N–H and O–H groups in total. The molecule has 2 nitrogen and oxygen atoms in total. The highest BCUT2D eigenvalue weighted by molar-refractivity contribution is 9.10. The van der Waals surface area contributed by atoms with Crippen molar-refractivity contribution >= 4 is 34.5 Å². The number of carbonyl (C=O) groups is 1. The van der Waals surface area contributed by atoms with Crippen LogP contribution in [0.4, 0.5) is 0 Å². The second kappa shape index (κ2) is 5.93. The summed E-state index contributed by atoms with van der Waals surface area (Å²) in [6, 6.07) is 5.46. The van der Waals surface area contributed by atoms with Gasteiger partial charge >= 0.3 is 0 Å². The van der Waals surface area contributed by atoms with E-state index in [0.717, 1.165) is 4.47 Å². The molecule has 0 radical (unpaired) electrons. The van der Waals surface area contributed by atoms with Crippen LogP contribution in [0.25, 0.3) is 0 Å². The molecule has 1 aromatic carbocycles. The molecule has 0 unspecified atom stereocenters. The quantitative estimate of drug-likeness (QED) is 0.652. The maximum atomic E-state index is 12.5. The average Bonchev–Trinajstić information content (AvgIpc) is 2.23. The normalized spacial score (nSPS) is 11.2. The number of amides is 1. The second-order valence-corrected chi connectivity index (χ2v) is 6.43. The number of carbonyl (C=O) groups excluding carboxylic acids is 1. The molecule has 0 saturated heterocycles. The molecule has 4 heteroatoms. The van der Waals surface area contributed by atoms with Gasteiger partial charge in [-0.1, -0.05) is 22.0 Å². The zero-order chi connectivity index (χ0) is 13.9. The van der Waals surface area contributed by atoms with Crippen LogP contribution in [0.5, 0.6) is 0 Å². The molecule has 0 aliphatic heterocycles. The van der Waals surface area contributed by atoms with Crippen LogP contribution in [-0.2, 0) is 0 Å². The van der Waals surface area contributed by atoms with Crippen molar-refractivity contribution in [1.29, 1.82) is 0 Å². The summed E-state index contributed by atoms with van der Waals surface area (Å²) >= 11 is 7.72. The van der Waals surface area contributed by atoms with Gasteiger partial charge in [-0.25, -0.2) is 0 Å². The van der Waals surface area contributed by atoms with Crippen LogP contribution in [0.2, 0.25) is 0 Å². The van der Waals surface area contributed by atoms with Gasteiger partial charge < -0.3 is 4.90 Å². The maximum absolute atomic E-state index is 12.5. The number of thiol groups is 1. The van der Waals surface area contributed by atoms with Crippen molar-refractivity contribution in [1.82, 2.24) is 4.90 Å². The van der Waals surface area contributed by atoms with Gasteiger partial charge in [-0.3, -0.25) is 4.79 Å². The molecule has 0 atom stereocenters.